The summed E-state index contributed by atoms with van der Waals surface area (Å²) in [6.07, 6.45) is 9.41. The van der Waals surface area contributed by atoms with Crippen LogP contribution >= 0.6 is 35.7 Å². The molecule has 2 aliphatic rings. The Labute approximate surface area is 193 Å². The Bertz CT molecular complexity index is 450. The molecule has 0 aromatic rings. The summed E-state index contributed by atoms with van der Waals surface area (Å²) < 4.78 is 0. The van der Waals surface area contributed by atoms with E-state index in [-0.39, 0.29) is 24.0 Å². The van der Waals surface area contributed by atoms with Crippen LogP contribution in [0.5, 0.6) is 0 Å². The third-order valence-electron chi connectivity index (χ3n) is 5.34. The summed E-state index contributed by atoms with van der Waals surface area (Å²) in [4.78, 5) is 24.2. The Hall–Kier alpha value is -0.220. The van der Waals surface area contributed by atoms with Crippen LogP contribution in [0.15, 0.2) is 4.99 Å². The number of piperazine rings is 1. The molecule has 0 aromatic heterocycles. The molecule has 164 valence electrons. The van der Waals surface area contributed by atoms with Gasteiger partial charge in [-0.25, -0.2) is 0 Å². The predicted octanol–water partition coefficient (Wildman–Crippen LogP) is 2.73. The zero-order chi connectivity index (χ0) is 19.3. The van der Waals surface area contributed by atoms with Gasteiger partial charge in [-0.15, -0.1) is 24.0 Å². The highest BCUT2D eigenvalue weighted by Gasteiger charge is 2.23. The molecule has 0 bridgehead atoms. The molecule has 0 atom stereocenters. The summed E-state index contributed by atoms with van der Waals surface area (Å²) in [5.74, 6) is 2.58. The molecule has 2 aliphatic heterocycles. The molecule has 1 N–H and O–H groups in total. The van der Waals surface area contributed by atoms with Gasteiger partial charge in [-0.1, -0.05) is 12.8 Å². The van der Waals surface area contributed by atoms with Crippen LogP contribution < -0.4 is 5.32 Å². The smallest absolute Gasteiger partial charge is 0.236 e. The zero-order valence-electron chi connectivity index (χ0n) is 17.8. The Morgan fingerprint density at radius 1 is 0.964 bits per heavy atom. The predicted molar refractivity (Wildman–Crippen MR) is 132 cm³/mol. The zero-order valence-corrected chi connectivity index (χ0v) is 21.0. The van der Waals surface area contributed by atoms with Crippen molar-refractivity contribution in [1.82, 2.24) is 20.0 Å². The fraction of sp³-hybridized carbons (Fsp3) is 0.900. The summed E-state index contributed by atoms with van der Waals surface area (Å²) in [5, 5.41) is 3.43. The van der Waals surface area contributed by atoms with E-state index in [9.17, 15) is 4.79 Å². The first-order chi connectivity index (χ1) is 13.2. The normalized spacial score (nSPS) is 19.1. The van der Waals surface area contributed by atoms with E-state index in [4.69, 9.17) is 4.99 Å². The number of likely N-dealkylation sites (tertiary alicyclic amines) is 1. The van der Waals surface area contributed by atoms with E-state index in [0.29, 0.717) is 12.5 Å². The van der Waals surface area contributed by atoms with Gasteiger partial charge in [0.05, 0.1) is 6.54 Å². The van der Waals surface area contributed by atoms with Crippen molar-refractivity contribution in [2.24, 2.45) is 4.99 Å². The van der Waals surface area contributed by atoms with Gasteiger partial charge >= 0.3 is 0 Å². The lowest BCUT2D eigenvalue weighted by molar-refractivity contribution is -0.132. The summed E-state index contributed by atoms with van der Waals surface area (Å²) in [6, 6.07) is 0. The monoisotopic (exact) mass is 525 g/mol. The average molecular weight is 526 g/mol. The van der Waals surface area contributed by atoms with Gasteiger partial charge in [0.25, 0.3) is 0 Å². The van der Waals surface area contributed by atoms with Crippen molar-refractivity contribution in [3.05, 3.63) is 0 Å². The van der Waals surface area contributed by atoms with Gasteiger partial charge in [0.1, 0.15) is 0 Å². The molecule has 2 fully saturated rings. The number of carbonyl (C=O) groups excluding carboxylic acids is 1. The second kappa shape index (κ2) is 15.6. The first kappa shape index (κ1) is 25.8. The van der Waals surface area contributed by atoms with E-state index in [1.807, 2.05) is 11.8 Å². The maximum absolute atomic E-state index is 12.6. The number of amides is 1. The van der Waals surface area contributed by atoms with Crippen LogP contribution in [-0.2, 0) is 4.79 Å². The molecule has 0 unspecified atom stereocenters. The lowest BCUT2D eigenvalue weighted by Crippen LogP contribution is -2.54. The highest BCUT2D eigenvalue weighted by Crippen LogP contribution is 2.11. The van der Waals surface area contributed by atoms with Gasteiger partial charge in [0.2, 0.25) is 5.91 Å². The first-order valence-electron chi connectivity index (χ1n) is 10.8. The quantitative estimate of drug-likeness (QED) is 0.229. The van der Waals surface area contributed by atoms with Crippen molar-refractivity contribution in [3.63, 3.8) is 0 Å². The van der Waals surface area contributed by atoms with Crippen LogP contribution in [0.2, 0.25) is 0 Å². The van der Waals surface area contributed by atoms with Crippen LogP contribution in [0, 0.1) is 0 Å². The molecular weight excluding hydrogens is 485 g/mol. The van der Waals surface area contributed by atoms with Crippen molar-refractivity contribution in [2.45, 2.75) is 45.4 Å². The van der Waals surface area contributed by atoms with E-state index < -0.39 is 0 Å². The van der Waals surface area contributed by atoms with Crippen LogP contribution in [0.25, 0.3) is 0 Å². The fourth-order valence-corrected chi connectivity index (χ4v) is 4.19. The number of halogens is 1. The number of aliphatic imine (C=N–C) groups is 1. The van der Waals surface area contributed by atoms with E-state index in [0.717, 1.165) is 64.7 Å². The number of hydrogen-bond donors (Lipinski definition) is 1. The number of nitrogens with zero attached hydrogens (tertiary/aromatic N) is 4. The Balaban J connectivity index is 0.00000392. The Morgan fingerprint density at radius 3 is 2.25 bits per heavy atom. The summed E-state index contributed by atoms with van der Waals surface area (Å²) in [7, 11) is 0. The molecule has 0 radical (unpaired) electrons. The topological polar surface area (TPSA) is 51.2 Å². The maximum Gasteiger partial charge on any atom is 0.236 e. The van der Waals surface area contributed by atoms with Gasteiger partial charge in [-0.2, -0.15) is 11.8 Å². The minimum atomic E-state index is 0. The minimum Gasteiger partial charge on any atom is -0.357 e. The van der Waals surface area contributed by atoms with Crippen molar-refractivity contribution >= 4 is 47.6 Å². The minimum absolute atomic E-state index is 0. The van der Waals surface area contributed by atoms with Crippen molar-refractivity contribution in [3.8, 4) is 0 Å². The molecule has 2 saturated heterocycles. The third-order valence-corrected chi connectivity index (χ3v) is 6.04. The molecule has 2 heterocycles. The van der Waals surface area contributed by atoms with Crippen LogP contribution in [0.3, 0.4) is 0 Å². The molecule has 6 nitrogen and oxygen atoms in total. The van der Waals surface area contributed by atoms with Gasteiger partial charge in [-0.3, -0.25) is 14.7 Å². The van der Waals surface area contributed by atoms with Crippen molar-refractivity contribution < 1.29 is 4.79 Å². The fourth-order valence-electron chi connectivity index (χ4n) is 3.70. The van der Waals surface area contributed by atoms with E-state index in [1.54, 1.807) is 0 Å². The molecule has 0 spiro atoms. The Morgan fingerprint density at radius 2 is 1.64 bits per heavy atom. The third kappa shape index (κ3) is 9.52. The molecule has 28 heavy (non-hydrogen) atoms. The standard InChI is InChI=1S/C20H39N5OS.HI/c1-3-21-20(22-10-6-9-17-27-2)25-15-13-23(14-16-25)18-19(26)24-11-7-4-5-8-12-24;/h3-18H2,1-2H3,(H,21,22);1H. The van der Waals surface area contributed by atoms with Crippen LogP contribution in [0.4, 0.5) is 0 Å². The second-order valence-corrected chi connectivity index (χ2v) is 8.48. The first-order valence-corrected chi connectivity index (χ1v) is 12.2. The van der Waals surface area contributed by atoms with Crippen molar-refractivity contribution in [2.75, 3.05) is 70.9 Å². The SMILES string of the molecule is CCNC(=NCCCCSC)N1CCN(CC(=O)N2CCCCCC2)CC1.I. The van der Waals surface area contributed by atoms with Gasteiger partial charge in [-0.05, 0) is 44.6 Å². The van der Waals surface area contributed by atoms with Crippen LogP contribution in [0.1, 0.15) is 45.4 Å². The number of guanidine groups is 1. The largest absolute Gasteiger partial charge is 0.357 e. The number of rotatable bonds is 8. The lowest BCUT2D eigenvalue weighted by Gasteiger charge is -2.37. The molecule has 2 rings (SSSR count). The molecule has 8 heteroatoms. The van der Waals surface area contributed by atoms with Gasteiger partial charge in [0, 0.05) is 52.4 Å². The number of unbranched alkanes of at least 4 members (excludes halogenated alkanes) is 1. The summed E-state index contributed by atoms with van der Waals surface area (Å²) >= 11 is 1.90. The number of nitrogens with one attached hydrogen (secondary N) is 1. The van der Waals surface area contributed by atoms with Crippen LogP contribution in [-0.4, -0.2) is 97.5 Å². The van der Waals surface area contributed by atoms with Crippen molar-refractivity contribution in [1.29, 1.82) is 0 Å². The average Bonchev–Trinajstić information content (AvgIpc) is 2.97. The highest BCUT2D eigenvalue weighted by molar-refractivity contribution is 14.0. The van der Waals surface area contributed by atoms with E-state index in [2.05, 4.69) is 33.2 Å². The molecule has 0 aromatic carbocycles. The second-order valence-electron chi connectivity index (χ2n) is 7.49. The lowest BCUT2D eigenvalue weighted by atomic mass is 10.2. The maximum atomic E-state index is 12.6. The molecule has 1 amide bonds. The van der Waals surface area contributed by atoms with E-state index >= 15 is 0 Å². The number of thioether (sulfide) groups is 1. The van der Waals surface area contributed by atoms with E-state index in [1.165, 1.54) is 37.9 Å². The highest BCUT2D eigenvalue weighted by atomic mass is 127. The van der Waals surface area contributed by atoms with Gasteiger partial charge < -0.3 is 15.1 Å². The Kier molecular flexibility index (Phi) is 14.4. The molecule has 0 aliphatic carbocycles. The summed E-state index contributed by atoms with van der Waals surface area (Å²) in [6.45, 7) is 10.2. The summed E-state index contributed by atoms with van der Waals surface area (Å²) in [5.41, 5.74) is 0. The number of hydrogen-bond acceptors (Lipinski definition) is 4. The van der Waals surface area contributed by atoms with Gasteiger partial charge in [0.15, 0.2) is 5.96 Å². The molecular formula is C20H40IN5OS. The number of carbonyl (C=O) groups is 1. The molecule has 0 saturated carbocycles.